The van der Waals surface area contributed by atoms with Gasteiger partial charge >= 0.3 is 5.97 Å². The third-order valence-electron chi connectivity index (χ3n) is 4.48. The number of halogens is 1. The molecule has 0 spiro atoms. The molecule has 0 saturated heterocycles. The van der Waals surface area contributed by atoms with Crippen molar-refractivity contribution in [2.45, 2.75) is 64.4 Å². The van der Waals surface area contributed by atoms with Crippen LogP contribution in [0.1, 0.15) is 58.3 Å². The summed E-state index contributed by atoms with van der Waals surface area (Å²) in [5.74, 6) is 0.606. The van der Waals surface area contributed by atoms with Gasteiger partial charge in [-0.1, -0.05) is 32.6 Å². The van der Waals surface area contributed by atoms with Crippen molar-refractivity contribution in [1.29, 1.82) is 0 Å². The molecule has 0 aliphatic heterocycles. The molecule has 0 N–H and O–H groups in total. The summed E-state index contributed by atoms with van der Waals surface area (Å²) in [5.41, 5.74) is 0. The lowest BCUT2D eigenvalue weighted by molar-refractivity contribution is -0.153. The van der Waals surface area contributed by atoms with Crippen LogP contribution in [0.3, 0.4) is 0 Å². The maximum atomic E-state index is 12.8. The largest absolute Gasteiger partial charge is 0.482 e. The summed E-state index contributed by atoms with van der Waals surface area (Å²) in [7, 11) is 0. The molecule has 1 aliphatic carbocycles. The highest BCUT2D eigenvalue weighted by atomic mass is 19.1. The topological polar surface area (TPSA) is 35.5 Å². The second-order valence-corrected chi connectivity index (χ2v) is 6.37. The average Bonchev–Trinajstić information content (AvgIpc) is 2.56. The Balaban J connectivity index is 1.62. The first kappa shape index (κ1) is 17.8. The maximum absolute atomic E-state index is 12.8. The molecule has 1 fully saturated rings. The number of esters is 1. The summed E-state index contributed by atoms with van der Waals surface area (Å²) in [6.45, 7) is 2.10. The second-order valence-electron chi connectivity index (χ2n) is 6.37. The molecule has 1 aromatic rings. The normalized spacial score (nSPS) is 21.0. The van der Waals surface area contributed by atoms with Crippen molar-refractivity contribution in [3.8, 4) is 5.75 Å². The van der Waals surface area contributed by atoms with E-state index in [1.807, 2.05) is 0 Å². The number of carbonyl (C=O) groups is 1. The predicted octanol–water partition coefficient (Wildman–Crippen LogP) is 4.89. The van der Waals surface area contributed by atoms with E-state index in [0.717, 1.165) is 31.6 Å². The molecule has 3 nitrogen and oxygen atoms in total. The molecular weight excluding hydrogens is 295 g/mol. The lowest BCUT2D eigenvalue weighted by Gasteiger charge is -2.28. The molecule has 128 valence electrons. The van der Waals surface area contributed by atoms with E-state index in [9.17, 15) is 9.18 Å². The predicted molar refractivity (Wildman–Crippen MR) is 87.9 cm³/mol. The summed E-state index contributed by atoms with van der Waals surface area (Å²) in [5, 5.41) is 0. The molecule has 0 bridgehead atoms. The van der Waals surface area contributed by atoms with Gasteiger partial charge in [-0.05, 0) is 55.9 Å². The number of benzene rings is 1. The van der Waals surface area contributed by atoms with Crippen molar-refractivity contribution in [3.63, 3.8) is 0 Å². The minimum Gasteiger partial charge on any atom is -0.482 e. The number of ether oxygens (including phenoxy) is 2. The van der Waals surface area contributed by atoms with E-state index in [1.54, 1.807) is 0 Å². The smallest absolute Gasteiger partial charge is 0.344 e. The van der Waals surface area contributed by atoms with Crippen molar-refractivity contribution in [2.75, 3.05) is 6.61 Å². The van der Waals surface area contributed by atoms with Crippen molar-refractivity contribution in [1.82, 2.24) is 0 Å². The van der Waals surface area contributed by atoms with Crippen LogP contribution in [0.5, 0.6) is 5.75 Å². The van der Waals surface area contributed by atoms with Gasteiger partial charge < -0.3 is 9.47 Å². The van der Waals surface area contributed by atoms with Crippen LogP contribution >= 0.6 is 0 Å². The zero-order valence-corrected chi connectivity index (χ0v) is 13.9. The summed E-state index contributed by atoms with van der Waals surface area (Å²) >= 11 is 0. The van der Waals surface area contributed by atoms with Crippen molar-refractivity contribution in [3.05, 3.63) is 30.1 Å². The first-order valence-electron chi connectivity index (χ1n) is 8.75. The highest BCUT2D eigenvalue weighted by Crippen LogP contribution is 2.30. The molecular formula is C19H27FO3. The molecule has 0 amide bonds. The van der Waals surface area contributed by atoms with Crippen LogP contribution in [0.15, 0.2) is 24.3 Å². The quantitative estimate of drug-likeness (QED) is 0.505. The monoisotopic (exact) mass is 322 g/mol. The molecule has 4 heteroatoms. The number of rotatable bonds is 8. The molecule has 1 saturated carbocycles. The lowest BCUT2D eigenvalue weighted by Crippen LogP contribution is -2.27. The number of hydrogen-bond acceptors (Lipinski definition) is 3. The molecule has 0 radical (unpaired) electrons. The minimum absolute atomic E-state index is 0.0294. The van der Waals surface area contributed by atoms with Crippen LogP contribution in [0, 0.1) is 11.7 Å². The minimum atomic E-state index is -0.344. The molecule has 1 aliphatic rings. The summed E-state index contributed by atoms with van der Waals surface area (Å²) in [4.78, 5) is 11.8. The molecule has 23 heavy (non-hydrogen) atoms. The van der Waals surface area contributed by atoms with Gasteiger partial charge in [0.15, 0.2) is 6.61 Å². The third kappa shape index (κ3) is 6.59. The van der Waals surface area contributed by atoms with Crippen molar-refractivity contribution >= 4 is 5.97 Å². The molecule has 2 rings (SSSR count). The zero-order valence-electron chi connectivity index (χ0n) is 13.9. The van der Waals surface area contributed by atoms with Gasteiger partial charge in [0, 0.05) is 0 Å². The van der Waals surface area contributed by atoms with Crippen LogP contribution < -0.4 is 4.74 Å². The van der Waals surface area contributed by atoms with Gasteiger partial charge in [-0.25, -0.2) is 9.18 Å². The van der Waals surface area contributed by atoms with Crippen LogP contribution in [-0.2, 0) is 9.53 Å². The summed E-state index contributed by atoms with van der Waals surface area (Å²) in [6, 6.07) is 5.62. The fourth-order valence-electron chi connectivity index (χ4n) is 3.11. The van der Waals surface area contributed by atoms with E-state index in [4.69, 9.17) is 9.47 Å². The van der Waals surface area contributed by atoms with E-state index in [0.29, 0.717) is 5.75 Å². The Labute approximate surface area is 138 Å². The Morgan fingerprint density at radius 1 is 1.13 bits per heavy atom. The van der Waals surface area contributed by atoms with Gasteiger partial charge in [-0.15, -0.1) is 0 Å². The standard InChI is InChI=1S/C19H27FO3/c1-2-3-4-5-15-6-10-18(11-7-15)23-19(21)14-22-17-12-8-16(20)9-13-17/h8-9,12-13,15,18H,2-7,10-11,14H2,1H3/t15-,18-. The van der Waals surface area contributed by atoms with Gasteiger partial charge in [0.05, 0.1) is 0 Å². The van der Waals surface area contributed by atoms with Gasteiger partial charge in [0.2, 0.25) is 0 Å². The van der Waals surface area contributed by atoms with Crippen LogP contribution in [0.4, 0.5) is 4.39 Å². The summed E-state index contributed by atoms with van der Waals surface area (Å²) in [6.07, 6.45) is 9.46. The highest BCUT2D eigenvalue weighted by molar-refractivity contribution is 5.71. The first-order chi connectivity index (χ1) is 11.2. The summed E-state index contributed by atoms with van der Waals surface area (Å²) < 4.78 is 23.6. The van der Waals surface area contributed by atoms with Gasteiger partial charge in [0.1, 0.15) is 17.7 Å². The van der Waals surface area contributed by atoms with E-state index >= 15 is 0 Å². The molecule has 1 aromatic carbocycles. The fraction of sp³-hybridized carbons (Fsp3) is 0.632. The van der Waals surface area contributed by atoms with Crippen LogP contribution in [-0.4, -0.2) is 18.7 Å². The third-order valence-corrected chi connectivity index (χ3v) is 4.48. The van der Waals surface area contributed by atoms with Crippen molar-refractivity contribution < 1.29 is 18.7 Å². The van der Waals surface area contributed by atoms with E-state index in [2.05, 4.69) is 6.92 Å². The van der Waals surface area contributed by atoms with Gasteiger partial charge in [-0.2, -0.15) is 0 Å². The SMILES string of the molecule is CCCCC[C@H]1CC[C@H](OC(=O)COc2ccc(F)cc2)CC1. The Hall–Kier alpha value is -1.58. The molecule has 0 unspecified atom stereocenters. The second kappa shape index (κ2) is 9.53. The molecule has 0 heterocycles. The van der Waals surface area contributed by atoms with E-state index < -0.39 is 0 Å². The van der Waals surface area contributed by atoms with E-state index in [1.165, 1.54) is 49.9 Å². The molecule has 0 atom stereocenters. The Morgan fingerprint density at radius 3 is 2.48 bits per heavy atom. The van der Waals surface area contributed by atoms with Gasteiger partial charge in [-0.3, -0.25) is 0 Å². The van der Waals surface area contributed by atoms with E-state index in [-0.39, 0.29) is 24.5 Å². The number of unbranched alkanes of at least 4 members (excludes halogenated alkanes) is 2. The lowest BCUT2D eigenvalue weighted by atomic mass is 9.84. The number of carbonyl (C=O) groups excluding carboxylic acids is 1. The molecule has 0 aromatic heterocycles. The van der Waals surface area contributed by atoms with Crippen molar-refractivity contribution in [2.24, 2.45) is 5.92 Å². The Kier molecular flexibility index (Phi) is 7.37. The number of hydrogen-bond donors (Lipinski definition) is 0. The van der Waals surface area contributed by atoms with Gasteiger partial charge in [0.25, 0.3) is 0 Å². The van der Waals surface area contributed by atoms with Crippen LogP contribution in [0.25, 0.3) is 0 Å². The fourth-order valence-corrected chi connectivity index (χ4v) is 3.11. The average molecular weight is 322 g/mol. The maximum Gasteiger partial charge on any atom is 0.344 e. The van der Waals surface area contributed by atoms with Crippen LogP contribution in [0.2, 0.25) is 0 Å². The highest BCUT2D eigenvalue weighted by Gasteiger charge is 2.23. The zero-order chi connectivity index (χ0) is 16.5. The first-order valence-corrected chi connectivity index (χ1v) is 8.75. The Morgan fingerprint density at radius 2 is 1.83 bits per heavy atom. The Bertz CT molecular complexity index is 464.